The summed E-state index contributed by atoms with van der Waals surface area (Å²) in [6.07, 6.45) is 3.35. The number of carbonyl (C=O) groups is 1. The number of hydrogen-bond donors (Lipinski definition) is 0. The average Bonchev–Trinajstić information content (AvgIpc) is 3.37. The van der Waals surface area contributed by atoms with Crippen LogP contribution in [0.5, 0.6) is 0 Å². The van der Waals surface area contributed by atoms with E-state index in [0.29, 0.717) is 39.0 Å². The maximum atomic E-state index is 13.2. The van der Waals surface area contributed by atoms with Crippen LogP contribution in [-0.2, 0) is 4.74 Å². The molecule has 150 valence electrons. The van der Waals surface area contributed by atoms with Crippen LogP contribution in [0.2, 0.25) is 15.1 Å². The standard InChI is InChI=1S/C20H16Cl3N3O2S/c21-12-3-4-15(16(23)8-12)18-11-29-20(25-18)26(10-14-2-1-7-28-14)19(27)17-9-13(22)5-6-24-17/h3-6,8-9,11,14H,1-2,7,10H2/t14-/m1/s1. The second kappa shape index (κ2) is 8.98. The molecule has 5 nitrogen and oxygen atoms in total. The number of ether oxygens (including phenoxy) is 1. The van der Waals surface area contributed by atoms with Gasteiger partial charge in [0.15, 0.2) is 5.13 Å². The monoisotopic (exact) mass is 467 g/mol. The summed E-state index contributed by atoms with van der Waals surface area (Å²) in [4.78, 5) is 23.7. The number of rotatable bonds is 5. The Balaban J connectivity index is 1.67. The number of benzene rings is 1. The van der Waals surface area contributed by atoms with Gasteiger partial charge in [-0.1, -0.05) is 34.8 Å². The molecule has 9 heteroatoms. The first-order valence-electron chi connectivity index (χ1n) is 8.97. The normalized spacial score (nSPS) is 16.2. The lowest BCUT2D eigenvalue weighted by atomic mass is 10.2. The highest BCUT2D eigenvalue weighted by Crippen LogP contribution is 2.34. The molecular weight excluding hydrogens is 453 g/mol. The fourth-order valence-electron chi connectivity index (χ4n) is 3.11. The van der Waals surface area contributed by atoms with E-state index in [1.54, 1.807) is 29.2 Å². The van der Waals surface area contributed by atoms with Crippen molar-refractivity contribution in [3.63, 3.8) is 0 Å². The van der Waals surface area contributed by atoms with Crippen LogP contribution in [0.3, 0.4) is 0 Å². The molecule has 29 heavy (non-hydrogen) atoms. The van der Waals surface area contributed by atoms with Gasteiger partial charge in [0.2, 0.25) is 0 Å². The minimum Gasteiger partial charge on any atom is -0.376 e. The summed E-state index contributed by atoms with van der Waals surface area (Å²) in [6, 6.07) is 8.42. The Labute approximate surface area is 187 Å². The summed E-state index contributed by atoms with van der Waals surface area (Å²) in [7, 11) is 0. The topological polar surface area (TPSA) is 55.3 Å². The summed E-state index contributed by atoms with van der Waals surface area (Å²) in [5.41, 5.74) is 1.69. The third kappa shape index (κ3) is 4.73. The molecule has 0 radical (unpaired) electrons. The molecule has 0 unspecified atom stereocenters. The first-order valence-corrected chi connectivity index (χ1v) is 11.0. The Bertz CT molecular complexity index is 1040. The van der Waals surface area contributed by atoms with E-state index in [2.05, 4.69) is 9.97 Å². The van der Waals surface area contributed by atoms with E-state index >= 15 is 0 Å². The van der Waals surface area contributed by atoms with Crippen LogP contribution in [0.25, 0.3) is 11.3 Å². The molecule has 0 spiro atoms. The minimum absolute atomic E-state index is 0.0374. The molecule has 1 amide bonds. The van der Waals surface area contributed by atoms with Gasteiger partial charge in [-0.3, -0.25) is 14.7 Å². The number of anilines is 1. The Morgan fingerprint density at radius 2 is 2.03 bits per heavy atom. The Morgan fingerprint density at radius 1 is 1.21 bits per heavy atom. The fourth-order valence-corrected chi connectivity index (χ4v) is 4.61. The van der Waals surface area contributed by atoms with Crippen molar-refractivity contribution in [2.75, 3.05) is 18.1 Å². The molecule has 0 aliphatic carbocycles. The number of carbonyl (C=O) groups excluding carboxylic acids is 1. The zero-order chi connectivity index (χ0) is 20.4. The van der Waals surface area contributed by atoms with Gasteiger partial charge in [0, 0.05) is 33.8 Å². The molecule has 1 atom stereocenters. The number of pyridine rings is 1. The average molecular weight is 469 g/mol. The summed E-state index contributed by atoms with van der Waals surface area (Å²) in [5, 5.41) is 3.92. The lowest BCUT2D eigenvalue weighted by Gasteiger charge is -2.22. The van der Waals surface area contributed by atoms with Crippen molar-refractivity contribution < 1.29 is 9.53 Å². The zero-order valence-electron chi connectivity index (χ0n) is 15.1. The van der Waals surface area contributed by atoms with Crippen molar-refractivity contribution in [2.45, 2.75) is 18.9 Å². The van der Waals surface area contributed by atoms with Gasteiger partial charge in [0.25, 0.3) is 5.91 Å². The van der Waals surface area contributed by atoms with Gasteiger partial charge in [-0.25, -0.2) is 4.98 Å². The molecule has 0 saturated carbocycles. The van der Waals surface area contributed by atoms with Crippen molar-refractivity contribution in [1.29, 1.82) is 0 Å². The third-order valence-corrected chi connectivity index (χ3v) is 6.17. The van der Waals surface area contributed by atoms with Crippen molar-refractivity contribution in [1.82, 2.24) is 9.97 Å². The second-order valence-electron chi connectivity index (χ2n) is 6.55. The van der Waals surface area contributed by atoms with Crippen LogP contribution in [0.15, 0.2) is 41.9 Å². The van der Waals surface area contributed by atoms with Crippen LogP contribution >= 0.6 is 46.1 Å². The van der Waals surface area contributed by atoms with Crippen molar-refractivity contribution in [3.05, 3.63) is 62.7 Å². The van der Waals surface area contributed by atoms with E-state index in [4.69, 9.17) is 39.5 Å². The van der Waals surface area contributed by atoms with Crippen molar-refractivity contribution in [2.24, 2.45) is 0 Å². The van der Waals surface area contributed by atoms with E-state index in [1.807, 2.05) is 11.4 Å². The highest BCUT2D eigenvalue weighted by molar-refractivity contribution is 7.14. The van der Waals surface area contributed by atoms with Crippen molar-refractivity contribution in [3.8, 4) is 11.3 Å². The number of halogens is 3. The smallest absolute Gasteiger partial charge is 0.278 e. The molecule has 1 aliphatic heterocycles. The maximum Gasteiger partial charge on any atom is 0.278 e. The SMILES string of the molecule is O=C(c1cc(Cl)ccn1)N(C[C@H]1CCCO1)c1nc(-c2ccc(Cl)cc2Cl)cs1. The number of thiazole rings is 1. The van der Waals surface area contributed by atoms with Gasteiger partial charge in [0.1, 0.15) is 5.69 Å². The van der Waals surface area contributed by atoms with E-state index in [0.717, 1.165) is 18.4 Å². The predicted octanol–water partition coefficient (Wildman–Crippen LogP) is 5.99. The maximum absolute atomic E-state index is 13.2. The summed E-state index contributed by atoms with van der Waals surface area (Å²) in [5.74, 6) is -0.272. The lowest BCUT2D eigenvalue weighted by Crippen LogP contribution is -2.38. The first kappa shape index (κ1) is 20.6. The fraction of sp³-hybridized carbons (Fsp3) is 0.250. The molecular formula is C20H16Cl3N3O2S. The van der Waals surface area contributed by atoms with Crippen LogP contribution < -0.4 is 4.90 Å². The zero-order valence-corrected chi connectivity index (χ0v) is 18.2. The highest BCUT2D eigenvalue weighted by atomic mass is 35.5. The molecule has 3 heterocycles. The lowest BCUT2D eigenvalue weighted by molar-refractivity contribution is 0.0913. The van der Waals surface area contributed by atoms with E-state index in [1.165, 1.54) is 17.5 Å². The number of aromatic nitrogens is 2. The van der Waals surface area contributed by atoms with Gasteiger partial charge in [-0.15, -0.1) is 11.3 Å². The molecule has 2 aromatic heterocycles. The number of hydrogen-bond acceptors (Lipinski definition) is 5. The molecule has 3 aromatic rings. The van der Waals surface area contributed by atoms with Crippen LogP contribution in [-0.4, -0.2) is 35.1 Å². The largest absolute Gasteiger partial charge is 0.376 e. The molecule has 4 rings (SSSR count). The van der Waals surface area contributed by atoms with E-state index < -0.39 is 0 Å². The summed E-state index contributed by atoms with van der Waals surface area (Å²) >= 11 is 19.7. The van der Waals surface area contributed by atoms with Crippen LogP contribution in [0, 0.1) is 0 Å². The molecule has 1 aromatic carbocycles. The quantitative estimate of drug-likeness (QED) is 0.461. The summed E-state index contributed by atoms with van der Waals surface area (Å²) < 4.78 is 5.74. The Morgan fingerprint density at radius 3 is 2.76 bits per heavy atom. The molecule has 0 bridgehead atoms. The van der Waals surface area contributed by atoms with Gasteiger partial charge in [0.05, 0.1) is 23.4 Å². The third-order valence-electron chi connectivity index (χ3n) is 4.53. The van der Waals surface area contributed by atoms with Gasteiger partial charge >= 0.3 is 0 Å². The minimum atomic E-state index is -0.272. The van der Waals surface area contributed by atoms with Gasteiger partial charge < -0.3 is 4.74 Å². The van der Waals surface area contributed by atoms with Crippen LogP contribution in [0.1, 0.15) is 23.3 Å². The predicted molar refractivity (Wildman–Crippen MR) is 117 cm³/mol. The first-order chi connectivity index (χ1) is 14.0. The summed E-state index contributed by atoms with van der Waals surface area (Å²) in [6.45, 7) is 1.10. The van der Waals surface area contributed by atoms with E-state index in [9.17, 15) is 4.79 Å². The molecule has 1 saturated heterocycles. The second-order valence-corrected chi connectivity index (χ2v) is 8.67. The molecule has 1 fully saturated rings. The number of nitrogens with zero attached hydrogens (tertiary/aromatic N) is 3. The Kier molecular flexibility index (Phi) is 6.37. The van der Waals surface area contributed by atoms with E-state index in [-0.39, 0.29) is 17.7 Å². The van der Waals surface area contributed by atoms with Crippen LogP contribution in [0.4, 0.5) is 5.13 Å². The number of amides is 1. The van der Waals surface area contributed by atoms with Gasteiger partial charge in [-0.05, 0) is 43.2 Å². The van der Waals surface area contributed by atoms with Crippen molar-refractivity contribution >= 4 is 57.2 Å². The molecule has 0 N–H and O–H groups in total. The van der Waals surface area contributed by atoms with Gasteiger partial charge in [-0.2, -0.15) is 0 Å². The highest BCUT2D eigenvalue weighted by Gasteiger charge is 2.28. The molecule has 1 aliphatic rings. The Hall–Kier alpha value is -1.70.